The Balaban J connectivity index is 2.15. The molecule has 0 unspecified atom stereocenters. The predicted molar refractivity (Wildman–Crippen MR) is 65.0 cm³/mol. The fourth-order valence-electron chi connectivity index (χ4n) is 1.28. The van der Waals surface area contributed by atoms with E-state index in [-0.39, 0.29) is 5.82 Å². The van der Waals surface area contributed by atoms with Crippen molar-refractivity contribution in [2.45, 2.75) is 6.54 Å². The lowest BCUT2D eigenvalue weighted by Crippen LogP contribution is -2.02. The van der Waals surface area contributed by atoms with Gasteiger partial charge in [-0.25, -0.2) is 9.37 Å². The molecule has 1 aromatic heterocycles. The topological polar surface area (TPSA) is 40.7 Å². The molecule has 0 fully saturated rings. The van der Waals surface area contributed by atoms with Crippen LogP contribution in [0.15, 0.2) is 29.0 Å². The predicted octanol–water partition coefficient (Wildman–Crippen LogP) is 3.58. The second-order valence-corrected chi connectivity index (χ2v) is 4.40. The van der Waals surface area contributed by atoms with Crippen LogP contribution < -0.4 is 5.32 Å². The Morgan fingerprint density at radius 2 is 2.31 bits per heavy atom. The van der Waals surface area contributed by atoms with E-state index < -0.39 is 0 Å². The maximum atomic E-state index is 13.0. The van der Waals surface area contributed by atoms with E-state index in [1.807, 2.05) is 0 Å². The zero-order chi connectivity index (χ0) is 11.5. The molecule has 1 aromatic carbocycles. The maximum Gasteiger partial charge on any atom is 0.125 e. The van der Waals surface area contributed by atoms with E-state index in [1.54, 1.807) is 12.4 Å². The van der Waals surface area contributed by atoms with Crippen molar-refractivity contribution >= 4 is 33.2 Å². The van der Waals surface area contributed by atoms with Gasteiger partial charge in [-0.15, -0.1) is 0 Å². The molecule has 2 rings (SSSR count). The van der Waals surface area contributed by atoms with Crippen molar-refractivity contribution in [3.63, 3.8) is 0 Å². The van der Waals surface area contributed by atoms with Gasteiger partial charge in [-0.2, -0.15) is 0 Å². The van der Waals surface area contributed by atoms with Crippen LogP contribution >= 0.6 is 27.5 Å². The smallest absolute Gasteiger partial charge is 0.125 e. The summed E-state index contributed by atoms with van der Waals surface area (Å²) in [5.41, 5.74) is 0.652. The van der Waals surface area contributed by atoms with Crippen LogP contribution in [0.5, 0.6) is 0 Å². The van der Waals surface area contributed by atoms with E-state index in [0.717, 1.165) is 5.82 Å². The summed E-state index contributed by atoms with van der Waals surface area (Å²) < 4.78 is 13.5. The second kappa shape index (κ2) is 4.84. The summed E-state index contributed by atoms with van der Waals surface area (Å²) in [6, 6.07) is 2.62. The molecule has 0 saturated heterocycles. The number of nitrogens with zero attached hydrogens (tertiary/aromatic N) is 1. The summed E-state index contributed by atoms with van der Waals surface area (Å²) in [5.74, 6) is 0.410. The summed E-state index contributed by atoms with van der Waals surface area (Å²) in [4.78, 5) is 7.01. The summed E-state index contributed by atoms with van der Waals surface area (Å²) in [5, 5.41) is 3.40. The number of hydrogen-bond donors (Lipinski definition) is 2. The van der Waals surface area contributed by atoms with Crippen molar-refractivity contribution in [2.75, 3.05) is 5.32 Å². The highest BCUT2D eigenvalue weighted by molar-refractivity contribution is 9.10. The molecule has 0 aliphatic rings. The van der Waals surface area contributed by atoms with E-state index in [0.29, 0.717) is 21.7 Å². The Bertz CT molecular complexity index is 464. The first-order valence-electron chi connectivity index (χ1n) is 4.53. The van der Waals surface area contributed by atoms with Crippen molar-refractivity contribution in [3.8, 4) is 0 Å². The molecule has 1 heterocycles. The third kappa shape index (κ3) is 2.54. The van der Waals surface area contributed by atoms with E-state index >= 15 is 0 Å². The molecule has 0 amide bonds. The fraction of sp³-hybridized carbons (Fsp3) is 0.100. The summed E-state index contributed by atoms with van der Waals surface area (Å²) >= 11 is 9.16. The van der Waals surface area contributed by atoms with E-state index in [9.17, 15) is 4.39 Å². The van der Waals surface area contributed by atoms with Crippen LogP contribution in [0, 0.1) is 5.82 Å². The molecule has 2 N–H and O–H groups in total. The van der Waals surface area contributed by atoms with Crippen molar-refractivity contribution < 1.29 is 4.39 Å². The Morgan fingerprint density at radius 3 is 2.94 bits per heavy atom. The number of aromatic amines is 1. The minimum absolute atomic E-state index is 0.332. The first-order chi connectivity index (χ1) is 7.66. The van der Waals surface area contributed by atoms with Gasteiger partial charge in [-0.3, -0.25) is 0 Å². The zero-order valence-electron chi connectivity index (χ0n) is 8.10. The van der Waals surface area contributed by atoms with Crippen molar-refractivity contribution in [3.05, 3.63) is 45.7 Å². The Morgan fingerprint density at radius 1 is 1.50 bits per heavy atom. The van der Waals surface area contributed by atoms with Gasteiger partial charge in [-0.05, 0) is 28.1 Å². The summed E-state index contributed by atoms with van der Waals surface area (Å²) in [6.07, 6.45) is 3.40. The number of hydrogen-bond acceptors (Lipinski definition) is 2. The number of halogens is 3. The SMILES string of the molecule is Fc1cc(Cl)c(NCc2ncc[nH]2)c(Br)c1. The van der Waals surface area contributed by atoms with E-state index in [4.69, 9.17) is 11.6 Å². The van der Waals surface area contributed by atoms with Gasteiger partial charge in [0.25, 0.3) is 0 Å². The second-order valence-electron chi connectivity index (χ2n) is 3.13. The number of imidazole rings is 1. The third-order valence-corrected chi connectivity index (χ3v) is 2.92. The first-order valence-corrected chi connectivity index (χ1v) is 5.70. The van der Waals surface area contributed by atoms with Crippen molar-refractivity contribution in [1.29, 1.82) is 0 Å². The van der Waals surface area contributed by atoms with Crippen molar-refractivity contribution in [2.24, 2.45) is 0 Å². The molecular weight excluding hydrogens is 296 g/mol. The quantitative estimate of drug-likeness (QED) is 0.910. The Hall–Kier alpha value is -1.07. The van der Waals surface area contributed by atoms with Gasteiger partial charge in [0.1, 0.15) is 11.6 Å². The molecular formula is C10H8BrClFN3. The number of nitrogens with one attached hydrogen (secondary N) is 2. The molecule has 0 saturated carbocycles. The first kappa shape index (κ1) is 11.4. The minimum Gasteiger partial charge on any atom is -0.376 e. The van der Waals surface area contributed by atoms with Crippen molar-refractivity contribution in [1.82, 2.24) is 9.97 Å². The average molecular weight is 305 g/mol. The Kier molecular flexibility index (Phi) is 3.46. The van der Waals surface area contributed by atoms with Crippen LogP contribution in [0.3, 0.4) is 0 Å². The number of benzene rings is 1. The lowest BCUT2D eigenvalue weighted by Gasteiger charge is -2.09. The zero-order valence-corrected chi connectivity index (χ0v) is 10.4. The van der Waals surface area contributed by atoms with Crippen LogP contribution in [-0.2, 0) is 6.54 Å². The minimum atomic E-state index is -0.375. The molecule has 16 heavy (non-hydrogen) atoms. The summed E-state index contributed by atoms with van der Waals surface area (Å²) in [6.45, 7) is 0.497. The maximum absolute atomic E-state index is 13.0. The van der Waals surface area contributed by atoms with Gasteiger partial charge in [0, 0.05) is 16.9 Å². The van der Waals surface area contributed by atoms with E-state index in [2.05, 4.69) is 31.2 Å². The van der Waals surface area contributed by atoms with Crippen LogP contribution in [0.1, 0.15) is 5.82 Å². The monoisotopic (exact) mass is 303 g/mol. The molecule has 0 atom stereocenters. The number of H-pyrrole nitrogens is 1. The van der Waals surface area contributed by atoms with Gasteiger partial charge in [0.05, 0.1) is 17.3 Å². The molecule has 0 aliphatic heterocycles. The molecule has 0 bridgehead atoms. The van der Waals surface area contributed by atoms with Crippen LogP contribution in [0.4, 0.5) is 10.1 Å². The van der Waals surface area contributed by atoms with Gasteiger partial charge >= 0.3 is 0 Å². The lowest BCUT2D eigenvalue weighted by atomic mass is 10.3. The highest BCUT2D eigenvalue weighted by Gasteiger charge is 2.07. The highest BCUT2D eigenvalue weighted by atomic mass is 79.9. The number of rotatable bonds is 3. The summed E-state index contributed by atoms with van der Waals surface area (Å²) in [7, 11) is 0. The van der Waals surface area contributed by atoms with Gasteiger partial charge in [-0.1, -0.05) is 11.6 Å². The molecule has 3 nitrogen and oxygen atoms in total. The fourth-order valence-corrected chi connectivity index (χ4v) is 2.24. The van der Waals surface area contributed by atoms with Crippen LogP contribution in [-0.4, -0.2) is 9.97 Å². The molecule has 6 heteroatoms. The standard InChI is InChI=1S/C10H8BrClFN3/c11-7-3-6(13)4-8(12)10(7)16-5-9-14-1-2-15-9/h1-4,16H,5H2,(H,14,15). The van der Waals surface area contributed by atoms with Gasteiger partial charge in [0.15, 0.2) is 0 Å². The van der Waals surface area contributed by atoms with Gasteiger partial charge in [0.2, 0.25) is 0 Å². The third-order valence-electron chi connectivity index (χ3n) is 1.99. The highest BCUT2D eigenvalue weighted by Crippen LogP contribution is 2.31. The molecule has 2 aromatic rings. The van der Waals surface area contributed by atoms with Gasteiger partial charge < -0.3 is 10.3 Å². The Labute approximate surface area is 105 Å². The molecule has 84 valence electrons. The number of aromatic nitrogens is 2. The van der Waals surface area contributed by atoms with Crippen LogP contribution in [0.25, 0.3) is 0 Å². The van der Waals surface area contributed by atoms with E-state index in [1.165, 1.54) is 12.1 Å². The number of anilines is 1. The van der Waals surface area contributed by atoms with Crippen LogP contribution in [0.2, 0.25) is 5.02 Å². The lowest BCUT2D eigenvalue weighted by molar-refractivity contribution is 0.627. The normalized spacial score (nSPS) is 10.4. The molecule has 0 aliphatic carbocycles. The largest absolute Gasteiger partial charge is 0.376 e. The average Bonchev–Trinajstić information content (AvgIpc) is 2.68. The molecule has 0 radical (unpaired) electrons. The molecule has 0 spiro atoms.